The van der Waals surface area contributed by atoms with Crippen LogP contribution in [0.4, 0.5) is 8.78 Å². The van der Waals surface area contributed by atoms with Crippen molar-refractivity contribution in [1.82, 2.24) is 9.55 Å². The Bertz CT molecular complexity index is 1140. The van der Waals surface area contributed by atoms with E-state index in [0.29, 0.717) is 5.75 Å². The molecule has 0 saturated carbocycles. The summed E-state index contributed by atoms with van der Waals surface area (Å²) >= 11 is 0. The van der Waals surface area contributed by atoms with Crippen LogP contribution in [0, 0.1) is 0 Å². The maximum Gasteiger partial charge on any atom is 0.333 e. The number of hydrogen-bond acceptors (Lipinski definition) is 4. The van der Waals surface area contributed by atoms with Crippen molar-refractivity contribution in [2.45, 2.75) is 64.8 Å². The average Bonchev–Trinajstić information content (AvgIpc) is 3.23. The summed E-state index contributed by atoms with van der Waals surface area (Å²) in [4.78, 5) is 15.6. The highest BCUT2D eigenvalue weighted by Crippen LogP contribution is 2.34. The fraction of sp³-hybridized carbons (Fsp3) is 0.429. The van der Waals surface area contributed by atoms with Crippen LogP contribution in [-0.2, 0) is 9.53 Å². The van der Waals surface area contributed by atoms with E-state index in [9.17, 15) is 13.6 Å². The van der Waals surface area contributed by atoms with Crippen LogP contribution in [0.15, 0.2) is 60.9 Å². The lowest BCUT2D eigenvalue weighted by Gasteiger charge is -2.18. The van der Waals surface area contributed by atoms with Gasteiger partial charge in [-0.15, -0.1) is 0 Å². The molecule has 0 amide bonds. The summed E-state index contributed by atoms with van der Waals surface area (Å²) < 4.78 is 41.3. The normalized spacial score (nSPS) is 12.5. The molecule has 0 saturated heterocycles. The Labute approximate surface area is 205 Å². The standard InChI is InChI=1S/C28H34F2N2O3/c1-5-21(4)32-25(23-9-6-14-31-19-23)17-22-10-11-24(18-26(22)32)34-15-7-12-28(29,30)13-8-16-35-27(33)20(2)3/h6,9-11,14,17-19,21H,2,5,7-8,12-13,15-16H2,1,3-4H3/t21-/m0/s1. The Kier molecular flexibility index (Phi) is 9.01. The number of aromatic nitrogens is 2. The van der Waals surface area contributed by atoms with Gasteiger partial charge in [-0.1, -0.05) is 13.5 Å². The van der Waals surface area contributed by atoms with Gasteiger partial charge < -0.3 is 14.0 Å². The van der Waals surface area contributed by atoms with Gasteiger partial charge in [-0.3, -0.25) is 4.98 Å². The molecule has 2 heterocycles. The fourth-order valence-corrected chi connectivity index (χ4v) is 3.95. The lowest BCUT2D eigenvalue weighted by atomic mass is 10.1. The number of ether oxygens (including phenoxy) is 2. The number of hydrogen-bond donors (Lipinski definition) is 0. The van der Waals surface area contributed by atoms with Crippen molar-refractivity contribution in [3.8, 4) is 17.0 Å². The molecular formula is C28H34F2N2O3. The zero-order valence-electron chi connectivity index (χ0n) is 20.7. The van der Waals surface area contributed by atoms with E-state index in [-0.39, 0.29) is 50.5 Å². The lowest BCUT2D eigenvalue weighted by Crippen LogP contribution is -2.18. The molecule has 0 aliphatic heterocycles. The van der Waals surface area contributed by atoms with Crippen molar-refractivity contribution in [3.05, 3.63) is 60.9 Å². The van der Waals surface area contributed by atoms with Crippen LogP contribution >= 0.6 is 0 Å². The number of carbonyl (C=O) groups is 1. The second-order valence-corrected chi connectivity index (χ2v) is 8.95. The lowest BCUT2D eigenvalue weighted by molar-refractivity contribution is -0.139. The van der Waals surface area contributed by atoms with E-state index in [2.05, 4.69) is 36.0 Å². The molecule has 5 nitrogen and oxygen atoms in total. The maximum atomic E-state index is 14.2. The third-order valence-corrected chi connectivity index (χ3v) is 6.03. The zero-order valence-corrected chi connectivity index (χ0v) is 20.7. The first-order valence-electron chi connectivity index (χ1n) is 12.1. The predicted molar refractivity (Wildman–Crippen MR) is 135 cm³/mol. The van der Waals surface area contributed by atoms with E-state index >= 15 is 0 Å². The second-order valence-electron chi connectivity index (χ2n) is 8.95. The van der Waals surface area contributed by atoms with Gasteiger partial charge in [0.2, 0.25) is 5.92 Å². The van der Waals surface area contributed by atoms with Crippen molar-refractivity contribution in [2.24, 2.45) is 0 Å². The molecule has 0 fully saturated rings. The van der Waals surface area contributed by atoms with Crippen molar-refractivity contribution >= 4 is 16.9 Å². The number of rotatable bonds is 13. The number of fused-ring (bicyclic) bond motifs is 1. The molecule has 0 aliphatic carbocycles. The highest BCUT2D eigenvalue weighted by atomic mass is 19.3. The molecule has 1 atom stereocenters. The number of benzene rings is 1. The zero-order chi connectivity index (χ0) is 25.4. The van der Waals surface area contributed by atoms with E-state index in [1.807, 2.05) is 36.5 Å². The molecule has 3 aromatic rings. The summed E-state index contributed by atoms with van der Waals surface area (Å²) in [7, 11) is 0. The van der Waals surface area contributed by atoms with Crippen LogP contribution in [-0.4, -0.2) is 34.7 Å². The molecule has 0 bridgehead atoms. The Morgan fingerprint density at radius 3 is 2.57 bits per heavy atom. The summed E-state index contributed by atoms with van der Waals surface area (Å²) in [5.41, 5.74) is 3.44. The summed E-state index contributed by atoms with van der Waals surface area (Å²) in [6, 6.07) is 12.3. The summed E-state index contributed by atoms with van der Waals surface area (Å²) in [6.45, 7) is 9.48. The topological polar surface area (TPSA) is 53.4 Å². The summed E-state index contributed by atoms with van der Waals surface area (Å²) in [5.74, 6) is -2.72. The molecule has 0 spiro atoms. The molecule has 0 unspecified atom stereocenters. The molecule has 188 valence electrons. The predicted octanol–water partition coefficient (Wildman–Crippen LogP) is 7.37. The highest BCUT2D eigenvalue weighted by Gasteiger charge is 2.27. The number of carbonyl (C=O) groups excluding carboxylic acids is 1. The molecule has 35 heavy (non-hydrogen) atoms. The van der Waals surface area contributed by atoms with E-state index in [4.69, 9.17) is 9.47 Å². The quantitative estimate of drug-likeness (QED) is 0.144. The molecule has 0 radical (unpaired) electrons. The van der Waals surface area contributed by atoms with Gasteiger partial charge >= 0.3 is 5.97 Å². The molecular weight excluding hydrogens is 450 g/mol. The van der Waals surface area contributed by atoms with Gasteiger partial charge in [0.05, 0.1) is 24.4 Å². The summed E-state index contributed by atoms with van der Waals surface area (Å²) in [6.07, 6.45) is 4.30. The van der Waals surface area contributed by atoms with Gasteiger partial charge in [0, 0.05) is 53.9 Å². The van der Waals surface area contributed by atoms with E-state index in [1.54, 1.807) is 6.20 Å². The van der Waals surface area contributed by atoms with Crippen LogP contribution in [0.25, 0.3) is 22.2 Å². The van der Waals surface area contributed by atoms with E-state index in [0.717, 1.165) is 28.6 Å². The van der Waals surface area contributed by atoms with Crippen molar-refractivity contribution < 1.29 is 23.0 Å². The van der Waals surface area contributed by atoms with Crippen LogP contribution < -0.4 is 4.74 Å². The largest absolute Gasteiger partial charge is 0.494 e. The number of pyridine rings is 1. The second kappa shape index (κ2) is 12.0. The van der Waals surface area contributed by atoms with Gasteiger partial charge in [-0.05, 0) is 63.4 Å². The van der Waals surface area contributed by atoms with Gasteiger partial charge in [-0.25, -0.2) is 13.6 Å². The van der Waals surface area contributed by atoms with Gasteiger partial charge in [0.1, 0.15) is 5.75 Å². The maximum absolute atomic E-state index is 14.2. The van der Waals surface area contributed by atoms with Crippen LogP contribution in [0.5, 0.6) is 5.75 Å². The van der Waals surface area contributed by atoms with E-state index in [1.165, 1.54) is 6.92 Å². The Hall–Kier alpha value is -3.22. The third kappa shape index (κ3) is 7.13. The summed E-state index contributed by atoms with van der Waals surface area (Å²) in [5, 5.41) is 1.09. The number of alkyl halides is 2. The Balaban J connectivity index is 1.59. The van der Waals surface area contributed by atoms with Gasteiger partial charge in [0.25, 0.3) is 0 Å². The minimum absolute atomic E-state index is 0.0331. The molecule has 7 heteroatoms. The SMILES string of the molecule is C=C(C)C(=O)OCCCC(F)(F)CCCOc1ccc2cc(-c3cccnc3)n([C@@H](C)CC)c2c1. The number of halogens is 2. The number of esters is 1. The highest BCUT2D eigenvalue weighted by molar-refractivity contribution is 5.88. The minimum Gasteiger partial charge on any atom is -0.494 e. The first-order chi connectivity index (χ1) is 16.7. The molecule has 1 aromatic carbocycles. The van der Waals surface area contributed by atoms with Gasteiger partial charge in [0.15, 0.2) is 0 Å². The van der Waals surface area contributed by atoms with Crippen LogP contribution in [0.3, 0.4) is 0 Å². The first kappa shape index (κ1) is 26.4. The first-order valence-corrected chi connectivity index (χ1v) is 12.1. The monoisotopic (exact) mass is 484 g/mol. The fourth-order valence-electron chi connectivity index (χ4n) is 3.95. The van der Waals surface area contributed by atoms with Crippen molar-refractivity contribution in [2.75, 3.05) is 13.2 Å². The smallest absolute Gasteiger partial charge is 0.333 e. The average molecular weight is 485 g/mol. The van der Waals surface area contributed by atoms with Crippen LogP contribution in [0.1, 0.15) is 58.9 Å². The third-order valence-electron chi connectivity index (χ3n) is 6.03. The Morgan fingerprint density at radius 2 is 1.91 bits per heavy atom. The molecule has 3 rings (SSSR count). The number of nitrogens with zero attached hydrogens (tertiary/aromatic N) is 2. The van der Waals surface area contributed by atoms with E-state index < -0.39 is 11.9 Å². The minimum atomic E-state index is -2.83. The van der Waals surface area contributed by atoms with Crippen molar-refractivity contribution in [3.63, 3.8) is 0 Å². The van der Waals surface area contributed by atoms with Gasteiger partial charge in [-0.2, -0.15) is 0 Å². The molecule has 0 N–H and O–H groups in total. The molecule has 0 aliphatic rings. The van der Waals surface area contributed by atoms with Crippen molar-refractivity contribution in [1.29, 1.82) is 0 Å². The Morgan fingerprint density at radius 1 is 1.17 bits per heavy atom. The van der Waals surface area contributed by atoms with Crippen LogP contribution in [0.2, 0.25) is 0 Å². The molecule has 2 aromatic heterocycles.